The molecule has 156 valence electrons. The summed E-state index contributed by atoms with van der Waals surface area (Å²) in [6.45, 7) is 1.76. The number of carbonyl (C=O) groups excluding carboxylic acids is 1. The predicted octanol–water partition coefficient (Wildman–Crippen LogP) is 3.27. The molecule has 1 saturated heterocycles. The Morgan fingerprint density at radius 3 is 2.77 bits per heavy atom. The summed E-state index contributed by atoms with van der Waals surface area (Å²) in [7, 11) is 0. The predicted molar refractivity (Wildman–Crippen MR) is 105 cm³/mol. The van der Waals surface area contributed by atoms with Gasteiger partial charge in [0.15, 0.2) is 12.4 Å². The van der Waals surface area contributed by atoms with Gasteiger partial charge in [0.2, 0.25) is 0 Å². The highest BCUT2D eigenvalue weighted by Gasteiger charge is 2.27. The van der Waals surface area contributed by atoms with Crippen molar-refractivity contribution in [3.63, 3.8) is 0 Å². The lowest BCUT2D eigenvalue weighted by Gasteiger charge is -2.30. The molecule has 0 saturated carbocycles. The number of ether oxygens (including phenoxy) is 1. The van der Waals surface area contributed by atoms with Gasteiger partial charge in [0.1, 0.15) is 11.6 Å². The number of halogens is 1. The molecule has 0 atom stereocenters. The van der Waals surface area contributed by atoms with Crippen LogP contribution in [0.25, 0.3) is 0 Å². The van der Waals surface area contributed by atoms with Crippen molar-refractivity contribution in [2.45, 2.75) is 31.9 Å². The Balaban J connectivity index is 1.22. The second-order valence-corrected chi connectivity index (χ2v) is 7.07. The van der Waals surface area contributed by atoms with E-state index in [1.54, 1.807) is 41.6 Å². The van der Waals surface area contributed by atoms with Crippen molar-refractivity contribution in [1.82, 2.24) is 25.3 Å². The number of rotatable bonds is 6. The first-order valence-corrected chi connectivity index (χ1v) is 9.80. The third-order valence-corrected chi connectivity index (χ3v) is 4.98. The molecule has 8 nitrogen and oxygen atoms in total. The van der Waals surface area contributed by atoms with Crippen LogP contribution in [-0.4, -0.2) is 39.1 Å². The van der Waals surface area contributed by atoms with Crippen molar-refractivity contribution in [2.24, 2.45) is 0 Å². The maximum atomic E-state index is 13.0. The van der Waals surface area contributed by atoms with Crippen LogP contribution in [-0.2, 0) is 13.2 Å². The van der Waals surface area contributed by atoms with Crippen molar-refractivity contribution in [3.8, 4) is 5.75 Å². The van der Waals surface area contributed by atoms with Gasteiger partial charge < -0.3 is 19.5 Å². The van der Waals surface area contributed by atoms with E-state index in [0.29, 0.717) is 37.1 Å². The van der Waals surface area contributed by atoms with Gasteiger partial charge in [-0.05, 0) is 42.7 Å². The van der Waals surface area contributed by atoms with E-state index < -0.39 is 0 Å². The topological polar surface area (TPSA) is 93.4 Å². The third kappa shape index (κ3) is 5.11. The van der Waals surface area contributed by atoms with Crippen LogP contribution in [0.2, 0.25) is 0 Å². The minimum absolute atomic E-state index is 0.128. The van der Waals surface area contributed by atoms with Crippen LogP contribution in [0, 0.1) is 5.82 Å². The highest BCUT2D eigenvalue weighted by atomic mass is 19.1. The van der Waals surface area contributed by atoms with Gasteiger partial charge >= 0.3 is 6.03 Å². The largest absolute Gasteiger partial charge is 0.482 e. The average Bonchev–Trinajstić information content (AvgIpc) is 3.27. The Labute approximate surface area is 173 Å². The second kappa shape index (κ2) is 9.34. The number of pyridine rings is 1. The first-order chi connectivity index (χ1) is 14.7. The van der Waals surface area contributed by atoms with E-state index in [9.17, 15) is 9.18 Å². The lowest BCUT2D eigenvalue weighted by Crippen LogP contribution is -2.43. The van der Waals surface area contributed by atoms with Gasteiger partial charge in [-0.25, -0.2) is 9.18 Å². The summed E-state index contributed by atoms with van der Waals surface area (Å²) in [4.78, 5) is 22.6. The van der Waals surface area contributed by atoms with E-state index in [2.05, 4.69) is 20.4 Å². The standard InChI is InChI=1S/C21H22FN5O3/c22-17-5-3-15(4-6-17)12-24-21(28)27-10-7-16(8-11-27)20-25-19(30-26-20)14-29-18-2-1-9-23-13-18/h1-6,9,13,16H,7-8,10-12,14H2,(H,24,28). The summed E-state index contributed by atoms with van der Waals surface area (Å²) < 4.78 is 23.8. The van der Waals surface area contributed by atoms with E-state index in [-0.39, 0.29) is 24.4 Å². The first kappa shape index (κ1) is 19.8. The van der Waals surface area contributed by atoms with Crippen molar-refractivity contribution >= 4 is 6.03 Å². The number of urea groups is 1. The Morgan fingerprint density at radius 1 is 1.23 bits per heavy atom. The monoisotopic (exact) mass is 411 g/mol. The first-order valence-electron chi connectivity index (χ1n) is 9.80. The van der Waals surface area contributed by atoms with Crippen molar-refractivity contribution in [3.05, 3.63) is 71.9 Å². The summed E-state index contributed by atoms with van der Waals surface area (Å²) >= 11 is 0. The fourth-order valence-corrected chi connectivity index (χ4v) is 3.30. The number of carbonyl (C=O) groups is 1. The molecule has 3 heterocycles. The van der Waals surface area contributed by atoms with Crippen LogP contribution < -0.4 is 10.1 Å². The molecule has 2 aromatic heterocycles. The summed E-state index contributed by atoms with van der Waals surface area (Å²) in [6, 6.07) is 9.55. The van der Waals surface area contributed by atoms with E-state index in [0.717, 1.165) is 18.4 Å². The smallest absolute Gasteiger partial charge is 0.317 e. The van der Waals surface area contributed by atoms with Gasteiger partial charge in [0.25, 0.3) is 5.89 Å². The van der Waals surface area contributed by atoms with E-state index in [4.69, 9.17) is 9.26 Å². The second-order valence-electron chi connectivity index (χ2n) is 7.07. The Kier molecular flexibility index (Phi) is 6.17. The summed E-state index contributed by atoms with van der Waals surface area (Å²) in [5.41, 5.74) is 0.854. The average molecular weight is 411 g/mol. The number of hydrogen-bond acceptors (Lipinski definition) is 6. The molecule has 1 aliphatic rings. The highest BCUT2D eigenvalue weighted by molar-refractivity contribution is 5.74. The molecule has 1 aromatic carbocycles. The minimum atomic E-state index is -0.291. The fraction of sp³-hybridized carbons (Fsp3) is 0.333. The fourth-order valence-electron chi connectivity index (χ4n) is 3.30. The molecule has 0 bridgehead atoms. The molecule has 0 radical (unpaired) electrons. The molecule has 0 unspecified atom stereocenters. The van der Waals surface area contributed by atoms with E-state index >= 15 is 0 Å². The molecule has 0 aliphatic carbocycles. The highest BCUT2D eigenvalue weighted by Crippen LogP contribution is 2.26. The number of piperidine rings is 1. The maximum absolute atomic E-state index is 13.0. The van der Waals surface area contributed by atoms with Crippen molar-refractivity contribution < 1.29 is 18.4 Å². The number of benzene rings is 1. The number of likely N-dealkylation sites (tertiary alicyclic amines) is 1. The molecule has 0 spiro atoms. The zero-order chi connectivity index (χ0) is 20.8. The van der Waals surface area contributed by atoms with E-state index in [1.165, 1.54) is 12.1 Å². The number of aromatic nitrogens is 3. The zero-order valence-electron chi connectivity index (χ0n) is 16.3. The number of nitrogens with zero attached hydrogens (tertiary/aromatic N) is 4. The van der Waals surface area contributed by atoms with Crippen molar-refractivity contribution in [1.29, 1.82) is 0 Å². The lowest BCUT2D eigenvalue weighted by molar-refractivity contribution is 0.179. The van der Waals surface area contributed by atoms with Gasteiger partial charge in [-0.1, -0.05) is 17.3 Å². The zero-order valence-corrected chi connectivity index (χ0v) is 16.3. The van der Waals surface area contributed by atoms with Gasteiger partial charge in [0.05, 0.1) is 6.20 Å². The van der Waals surface area contributed by atoms with E-state index in [1.807, 2.05) is 0 Å². The van der Waals surface area contributed by atoms with Crippen LogP contribution >= 0.6 is 0 Å². The SMILES string of the molecule is O=C(NCc1ccc(F)cc1)N1CCC(c2noc(COc3cccnc3)n2)CC1. The lowest BCUT2D eigenvalue weighted by atomic mass is 9.96. The van der Waals surface area contributed by atoms with Gasteiger partial charge in [-0.2, -0.15) is 4.98 Å². The third-order valence-electron chi connectivity index (χ3n) is 4.98. The molecule has 2 amide bonds. The Morgan fingerprint density at radius 2 is 2.03 bits per heavy atom. The molecule has 30 heavy (non-hydrogen) atoms. The van der Waals surface area contributed by atoms with Crippen molar-refractivity contribution in [2.75, 3.05) is 13.1 Å². The van der Waals surface area contributed by atoms with Crippen LogP contribution in [0.1, 0.15) is 36.0 Å². The van der Waals surface area contributed by atoms with Gasteiger partial charge in [-0.15, -0.1) is 0 Å². The molecule has 1 aliphatic heterocycles. The summed E-state index contributed by atoms with van der Waals surface area (Å²) in [5, 5.41) is 6.95. The maximum Gasteiger partial charge on any atom is 0.317 e. The van der Waals surface area contributed by atoms with Crippen LogP contribution in [0.4, 0.5) is 9.18 Å². The molecular formula is C21H22FN5O3. The molecule has 1 fully saturated rings. The van der Waals surface area contributed by atoms with Crippen LogP contribution in [0.5, 0.6) is 5.75 Å². The Bertz CT molecular complexity index is 956. The number of amides is 2. The summed E-state index contributed by atoms with van der Waals surface area (Å²) in [6.07, 6.45) is 4.81. The molecule has 9 heteroatoms. The number of nitrogens with one attached hydrogen (secondary N) is 1. The number of hydrogen-bond donors (Lipinski definition) is 1. The normalized spacial score (nSPS) is 14.5. The minimum Gasteiger partial charge on any atom is -0.482 e. The van der Waals surface area contributed by atoms with Crippen LogP contribution in [0.3, 0.4) is 0 Å². The summed E-state index contributed by atoms with van der Waals surface area (Å²) in [5.74, 6) is 1.54. The Hall–Kier alpha value is -3.49. The molecule has 4 rings (SSSR count). The molecular weight excluding hydrogens is 389 g/mol. The molecule has 3 aromatic rings. The quantitative estimate of drug-likeness (QED) is 0.669. The van der Waals surface area contributed by atoms with Gasteiger partial charge in [-0.3, -0.25) is 4.98 Å². The molecule has 1 N–H and O–H groups in total. The van der Waals surface area contributed by atoms with Crippen LogP contribution in [0.15, 0.2) is 53.3 Å². The van der Waals surface area contributed by atoms with Gasteiger partial charge in [0, 0.05) is 31.7 Å².